The molecule has 4 aliphatic carbocycles. The molecular weight excluding hydrogens is 400 g/mol. The van der Waals surface area contributed by atoms with Crippen LogP contribution in [0.25, 0.3) is 0 Å². The number of hydrogen-bond donors (Lipinski definition) is 2. The van der Waals surface area contributed by atoms with Crippen molar-refractivity contribution in [1.82, 2.24) is 0 Å². The fourth-order valence-electron chi connectivity index (χ4n) is 8.11. The average molecular weight is 443 g/mol. The fourth-order valence-corrected chi connectivity index (χ4v) is 8.11. The van der Waals surface area contributed by atoms with E-state index in [0.29, 0.717) is 31.2 Å². The molecule has 3 fully saturated rings. The smallest absolute Gasteiger partial charge is 0.0981 e. The van der Waals surface area contributed by atoms with Gasteiger partial charge in [-0.1, -0.05) is 25.5 Å². The molecule has 0 saturated heterocycles. The van der Waals surface area contributed by atoms with Gasteiger partial charge in [0.05, 0.1) is 37.4 Å². The second-order valence-corrected chi connectivity index (χ2v) is 11.3. The van der Waals surface area contributed by atoms with Crippen molar-refractivity contribution in [2.24, 2.45) is 40.1 Å². The number of allylic oxidation sites excluding steroid dienone is 1. The zero-order chi connectivity index (χ0) is 22.3. The zero-order valence-corrected chi connectivity index (χ0v) is 19.9. The van der Waals surface area contributed by atoms with Crippen molar-refractivity contribution in [2.45, 2.75) is 83.5 Å². The Morgan fingerprint density at radius 1 is 1.12 bits per heavy atom. The Kier molecular flexibility index (Phi) is 6.30. The van der Waals surface area contributed by atoms with E-state index in [1.807, 2.05) is 6.07 Å². The van der Waals surface area contributed by atoms with E-state index in [0.717, 1.165) is 36.2 Å². The van der Waals surface area contributed by atoms with Crippen LogP contribution in [-0.2, 0) is 9.47 Å². The van der Waals surface area contributed by atoms with Crippen molar-refractivity contribution in [2.75, 3.05) is 19.7 Å². The van der Waals surface area contributed by atoms with Gasteiger partial charge in [-0.3, -0.25) is 0 Å². The summed E-state index contributed by atoms with van der Waals surface area (Å²) in [5, 5.41) is 0. The van der Waals surface area contributed by atoms with Crippen LogP contribution in [0.3, 0.4) is 0 Å². The Hall–Kier alpha value is -1.14. The number of furan rings is 1. The number of hydrogen-bond acceptors (Lipinski definition) is 5. The summed E-state index contributed by atoms with van der Waals surface area (Å²) in [7, 11) is 0. The fraction of sp³-hybridized carbons (Fsp3) is 0.778. The SMILES string of the molecule is C[C@]12CC[C@H]3[C@@H](CC=C4C[C@@H](OCCN)CC[C@@]43C)[C@@H]1CC[C@@H]2OC(CN)c1ccoc1. The molecule has 1 aromatic rings. The Balaban J connectivity index is 1.32. The summed E-state index contributed by atoms with van der Waals surface area (Å²) in [5.41, 5.74) is 15.1. The van der Waals surface area contributed by atoms with Gasteiger partial charge in [0.2, 0.25) is 0 Å². The molecule has 5 heteroatoms. The summed E-state index contributed by atoms with van der Waals surface area (Å²) in [5.74, 6) is 2.33. The molecule has 178 valence electrons. The molecule has 4 aliphatic rings. The lowest BCUT2D eigenvalue weighted by molar-refractivity contribution is -0.115. The Morgan fingerprint density at radius 2 is 2.00 bits per heavy atom. The zero-order valence-electron chi connectivity index (χ0n) is 19.9. The normalized spacial score (nSPS) is 42.0. The molecular formula is C27H42N2O3. The van der Waals surface area contributed by atoms with Gasteiger partial charge in [0.25, 0.3) is 0 Å². The largest absolute Gasteiger partial charge is 0.472 e. The van der Waals surface area contributed by atoms with Crippen molar-refractivity contribution in [1.29, 1.82) is 0 Å². The van der Waals surface area contributed by atoms with Crippen LogP contribution in [0.4, 0.5) is 0 Å². The van der Waals surface area contributed by atoms with E-state index in [2.05, 4.69) is 19.9 Å². The molecule has 8 atom stereocenters. The first-order valence-electron chi connectivity index (χ1n) is 12.9. The third kappa shape index (κ3) is 3.70. The van der Waals surface area contributed by atoms with Crippen LogP contribution in [0.15, 0.2) is 34.7 Å². The highest BCUT2D eigenvalue weighted by atomic mass is 16.5. The number of nitrogens with two attached hydrogens (primary N) is 2. The van der Waals surface area contributed by atoms with E-state index >= 15 is 0 Å². The first-order chi connectivity index (χ1) is 15.5. The molecule has 0 bridgehead atoms. The maximum Gasteiger partial charge on any atom is 0.0981 e. The highest BCUT2D eigenvalue weighted by molar-refractivity contribution is 5.25. The van der Waals surface area contributed by atoms with Crippen LogP contribution in [0, 0.1) is 28.6 Å². The minimum Gasteiger partial charge on any atom is -0.472 e. The maximum atomic E-state index is 6.71. The lowest BCUT2D eigenvalue weighted by atomic mass is 9.48. The molecule has 0 radical (unpaired) electrons. The van der Waals surface area contributed by atoms with Gasteiger partial charge in [-0.2, -0.15) is 0 Å². The summed E-state index contributed by atoms with van der Waals surface area (Å²) < 4.78 is 18.1. The van der Waals surface area contributed by atoms with Crippen LogP contribution in [0.2, 0.25) is 0 Å². The predicted molar refractivity (Wildman–Crippen MR) is 126 cm³/mol. The first-order valence-corrected chi connectivity index (χ1v) is 12.9. The molecule has 0 spiro atoms. The first kappa shape index (κ1) is 22.6. The number of rotatable bonds is 7. The van der Waals surface area contributed by atoms with E-state index in [1.165, 1.54) is 38.5 Å². The van der Waals surface area contributed by atoms with E-state index < -0.39 is 0 Å². The van der Waals surface area contributed by atoms with Crippen LogP contribution < -0.4 is 11.5 Å². The van der Waals surface area contributed by atoms with Gasteiger partial charge in [0.15, 0.2) is 0 Å². The van der Waals surface area contributed by atoms with Crippen LogP contribution in [0.1, 0.15) is 76.9 Å². The van der Waals surface area contributed by atoms with Crippen molar-refractivity contribution in [3.05, 3.63) is 35.8 Å². The molecule has 1 heterocycles. The van der Waals surface area contributed by atoms with Crippen LogP contribution >= 0.6 is 0 Å². The Morgan fingerprint density at radius 3 is 2.75 bits per heavy atom. The quantitative estimate of drug-likeness (QED) is 0.583. The molecule has 0 amide bonds. The molecule has 5 rings (SSSR count). The van der Waals surface area contributed by atoms with Gasteiger partial charge in [-0.25, -0.2) is 0 Å². The molecule has 0 aliphatic heterocycles. The van der Waals surface area contributed by atoms with Crippen LogP contribution in [-0.4, -0.2) is 31.9 Å². The standard InChI is InChI=1S/C27H42N2O3/c1-26-10-7-20(31-14-12-28)15-19(26)3-4-21-22-5-6-25(27(22,2)11-8-23(21)26)32-24(16-29)18-9-13-30-17-18/h3,9,13,17,20-25H,4-8,10-12,14-16,28-29H2,1-2H3/t20-,21-,22-,23-,24?,25-,26-,27-/m0/s1. The lowest BCUT2D eigenvalue weighted by Gasteiger charge is -2.58. The molecule has 3 saturated carbocycles. The van der Waals surface area contributed by atoms with Crippen molar-refractivity contribution >= 4 is 0 Å². The molecule has 1 aromatic heterocycles. The lowest BCUT2D eigenvalue weighted by Crippen LogP contribution is -2.51. The summed E-state index contributed by atoms with van der Waals surface area (Å²) in [4.78, 5) is 0. The highest BCUT2D eigenvalue weighted by Gasteiger charge is 2.59. The minimum atomic E-state index is -0.0637. The molecule has 1 unspecified atom stereocenters. The van der Waals surface area contributed by atoms with Crippen LogP contribution in [0.5, 0.6) is 0 Å². The second-order valence-electron chi connectivity index (χ2n) is 11.3. The van der Waals surface area contributed by atoms with Gasteiger partial charge in [0, 0.05) is 18.7 Å². The summed E-state index contributed by atoms with van der Waals surface area (Å²) in [6.45, 7) is 6.87. The summed E-state index contributed by atoms with van der Waals surface area (Å²) >= 11 is 0. The third-order valence-corrected chi connectivity index (χ3v) is 9.90. The minimum absolute atomic E-state index is 0.0637. The molecule has 32 heavy (non-hydrogen) atoms. The molecule has 5 nitrogen and oxygen atoms in total. The Labute approximate surface area is 193 Å². The topological polar surface area (TPSA) is 83.6 Å². The van der Waals surface area contributed by atoms with Crippen molar-refractivity contribution < 1.29 is 13.9 Å². The van der Waals surface area contributed by atoms with Gasteiger partial charge in [0.1, 0.15) is 0 Å². The van der Waals surface area contributed by atoms with E-state index in [1.54, 1.807) is 18.1 Å². The summed E-state index contributed by atoms with van der Waals surface area (Å²) in [6, 6.07) is 1.99. The average Bonchev–Trinajstić information content (AvgIpc) is 3.44. The van der Waals surface area contributed by atoms with Crippen molar-refractivity contribution in [3.8, 4) is 0 Å². The third-order valence-electron chi connectivity index (χ3n) is 9.90. The Bertz CT molecular complexity index is 808. The highest BCUT2D eigenvalue weighted by Crippen LogP contribution is 2.65. The van der Waals surface area contributed by atoms with Gasteiger partial charge >= 0.3 is 0 Å². The predicted octanol–water partition coefficient (Wildman–Crippen LogP) is 4.97. The second kappa shape index (κ2) is 8.90. The monoisotopic (exact) mass is 442 g/mol. The van der Waals surface area contributed by atoms with Gasteiger partial charge < -0.3 is 25.4 Å². The van der Waals surface area contributed by atoms with E-state index in [-0.39, 0.29) is 17.6 Å². The van der Waals surface area contributed by atoms with E-state index in [9.17, 15) is 0 Å². The van der Waals surface area contributed by atoms with Crippen molar-refractivity contribution in [3.63, 3.8) is 0 Å². The van der Waals surface area contributed by atoms with Gasteiger partial charge in [-0.15, -0.1) is 0 Å². The van der Waals surface area contributed by atoms with E-state index in [4.69, 9.17) is 25.4 Å². The summed E-state index contributed by atoms with van der Waals surface area (Å²) in [6.07, 6.45) is 16.5. The number of ether oxygens (including phenoxy) is 2. The van der Waals surface area contributed by atoms with Gasteiger partial charge in [-0.05, 0) is 86.0 Å². The molecule has 4 N–H and O–H groups in total. The maximum absolute atomic E-state index is 6.71. The number of fused-ring (bicyclic) bond motifs is 5. The molecule has 0 aromatic carbocycles.